The normalized spacial score (nSPS) is 15.5. The van der Waals surface area contributed by atoms with Crippen LogP contribution in [0.1, 0.15) is 39.9 Å². The van der Waals surface area contributed by atoms with Crippen LogP contribution < -0.4 is 0 Å². The largest absolute Gasteiger partial charge is 0.411 e. The molecular weight excluding hydrogens is 240 g/mol. The van der Waals surface area contributed by atoms with Crippen LogP contribution in [0.15, 0.2) is 17.3 Å². The van der Waals surface area contributed by atoms with Crippen molar-refractivity contribution in [1.29, 1.82) is 0 Å². The molecule has 19 heavy (non-hydrogen) atoms. The maximum atomic E-state index is 12.6. The Labute approximate surface area is 113 Å². The predicted octanol–water partition coefficient (Wildman–Crippen LogP) is 2.68. The van der Waals surface area contributed by atoms with Gasteiger partial charge in [-0.1, -0.05) is 22.9 Å². The van der Waals surface area contributed by atoms with E-state index in [9.17, 15) is 4.79 Å². The summed E-state index contributed by atoms with van der Waals surface area (Å²) in [5.41, 5.74) is 4.84. The van der Waals surface area contributed by atoms with Gasteiger partial charge in [-0.05, 0) is 31.9 Å². The fourth-order valence-corrected chi connectivity index (χ4v) is 2.74. The topological polar surface area (TPSA) is 52.9 Å². The van der Waals surface area contributed by atoms with Gasteiger partial charge in [0.1, 0.15) is 0 Å². The zero-order valence-corrected chi connectivity index (χ0v) is 11.7. The summed E-state index contributed by atoms with van der Waals surface area (Å²) in [7, 11) is 0. The Kier molecular flexibility index (Phi) is 3.88. The quantitative estimate of drug-likeness (QED) is 0.623. The first-order chi connectivity index (χ1) is 9.02. The molecule has 1 amide bonds. The molecule has 2 rings (SSSR count). The van der Waals surface area contributed by atoms with E-state index in [-0.39, 0.29) is 5.91 Å². The Balaban J connectivity index is 2.21. The highest BCUT2D eigenvalue weighted by Crippen LogP contribution is 2.20. The molecule has 1 fully saturated rings. The molecule has 1 aromatic carbocycles. The van der Waals surface area contributed by atoms with Crippen LogP contribution in [0.2, 0.25) is 0 Å². The fourth-order valence-electron chi connectivity index (χ4n) is 2.74. The summed E-state index contributed by atoms with van der Waals surface area (Å²) in [5.74, 6) is 0.0898. The monoisotopic (exact) mass is 260 g/mol. The third-order valence-electron chi connectivity index (χ3n) is 3.66. The van der Waals surface area contributed by atoms with Crippen molar-refractivity contribution in [2.24, 2.45) is 5.16 Å². The van der Waals surface area contributed by atoms with Gasteiger partial charge in [0.2, 0.25) is 0 Å². The number of piperidine rings is 1. The lowest BCUT2D eigenvalue weighted by atomic mass is 9.97. The van der Waals surface area contributed by atoms with Gasteiger partial charge in [0.05, 0.1) is 5.71 Å². The number of benzene rings is 1. The number of carbonyl (C=O) groups excluding carboxylic acids is 1. The van der Waals surface area contributed by atoms with Crippen LogP contribution in [-0.2, 0) is 0 Å². The number of oxime groups is 1. The van der Waals surface area contributed by atoms with Gasteiger partial charge in [-0.2, -0.15) is 0 Å². The molecule has 1 aliphatic heterocycles. The third kappa shape index (κ3) is 2.78. The standard InChI is InChI=1S/C15H20N2O2/c1-10-8-11(2)14(12(3)9-10)15(18)17-6-4-13(16-19)5-7-17/h8-9,19H,4-7H2,1-3H3. The molecular formula is C15H20N2O2. The SMILES string of the molecule is Cc1cc(C)c(C(=O)N2CCC(=NO)CC2)c(C)c1. The molecule has 0 radical (unpaired) electrons. The van der Waals surface area contributed by atoms with Gasteiger partial charge in [-0.25, -0.2) is 0 Å². The fraction of sp³-hybridized carbons (Fsp3) is 0.467. The van der Waals surface area contributed by atoms with Gasteiger partial charge in [0.15, 0.2) is 0 Å². The molecule has 1 saturated heterocycles. The minimum absolute atomic E-state index is 0.0898. The third-order valence-corrected chi connectivity index (χ3v) is 3.66. The maximum absolute atomic E-state index is 12.6. The van der Waals surface area contributed by atoms with Crippen molar-refractivity contribution in [1.82, 2.24) is 4.90 Å². The number of hydrogen-bond donors (Lipinski definition) is 1. The molecule has 1 N–H and O–H groups in total. The smallest absolute Gasteiger partial charge is 0.254 e. The van der Waals surface area contributed by atoms with Crippen molar-refractivity contribution in [2.75, 3.05) is 13.1 Å². The van der Waals surface area contributed by atoms with Gasteiger partial charge in [0.25, 0.3) is 5.91 Å². The van der Waals surface area contributed by atoms with Crippen molar-refractivity contribution in [3.05, 3.63) is 34.4 Å². The highest BCUT2D eigenvalue weighted by atomic mass is 16.4. The van der Waals surface area contributed by atoms with Gasteiger partial charge < -0.3 is 10.1 Å². The highest BCUT2D eigenvalue weighted by molar-refractivity contribution is 5.98. The summed E-state index contributed by atoms with van der Waals surface area (Å²) in [4.78, 5) is 14.4. The average Bonchev–Trinajstić information content (AvgIpc) is 2.37. The van der Waals surface area contributed by atoms with Crippen LogP contribution in [0, 0.1) is 20.8 Å². The first-order valence-corrected chi connectivity index (χ1v) is 6.60. The second-order valence-electron chi connectivity index (χ2n) is 5.23. The molecule has 1 aliphatic rings. The zero-order chi connectivity index (χ0) is 14.0. The van der Waals surface area contributed by atoms with E-state index < -0.39 is 0 Å². The average molecular weight is 260 g/mol. The molecule has 0 spiro atoms. The Morgan fingerprint density at radius 1 is 1.16 bits per heavy atom. The zero-order valence-electron chi connectivity index (χ0n) is 11.7. The van der Waals surface area contributed by atoms with E-state index in [1.807, 2.05) is 37.8 Å². The predicted molar refractivity (Wildman–Crippen MR) is 75.0 cm³/mol. The molecule has 102 valence electrons. The summed E-state index contributed by atoms with van der Waals surface area (Å²) < 4.78 is 0. The molecule has 1 heterocycles. The van der Waals surface area contributed by atoms with E-state index in [0.29, 0.717) is 25.9 Å². The highest BCUT2D eigenvalue weighted by Gasteiger charge is 2.23. The molecule has 0 saturated carbocycles. The van der Waals surface area contributed by atoms with Gasteiger partial charge in [-0.3, -0.25) is 4.79 Å². The Morgan fingerprint density at radius 3 is 2.16 bits per heavy atom. The molecule has 0 bridgehead atoms. The minimum Gasteiger partial charge on any atom is -0.411 e. The molecule has 1 aromatic rings. The number of aryl methyl sites for hydroxylation is 3. The van der Waals surface area contributed by atoms with Crippen LogP contribution in [0.4, 0.5) is 0 Å². The lowest BCUT2D eigenvalue weighted by Crippen LogP contribution is -2.39. The Hall–Kier alpha value is -1.84. The number of hydrogen-bond acceptors (Lipinski definition) is 3. The molecule has 0 atom stereocenters. The van der Waals surface area contributed by atoms with Crippen molar-refractivity contribution in [3.63, 3.8) is 0 Å². The Bertz CT molecular complexity index is 502. The van der Waals surface area contributed by atoms with Crippen molar-refractivity contribution >= 4 is 11.6 Å². The van der Waals surface area contributed by atoms with Crippen LogP contribution in [-0.4, -0.2) is 34.8 Å². The van der Waals surface area contributed by atoms with Crippen molar-refractivity contribution < 1.29 is 10.0 Å². The first-order valence-electron chi connectivity index (χ1n) is 6.60. The number of amides is 1. The molecule has 0 aromatic heterocycles. The summed E-state index contributed by atoms with van der Waals surface area (Å²) in [6.45, 7) is 7.27. The Morgan fingerprint density at radius 2 is 1.68 bits per heavy atom. The lowest BCUT2D eigenvalue weighted by molar-refractivity contribution is 0.0752. The van der Waals surface area contributed by atoms with Gasteiger partial charge in [0, 0.05) is 31.5 Å². The van der Waals surface area contributed by atoms with Crippen LogP contribution >= 0.6 is 0 Å². The van der Waals surface area contributed by atoms with E-state index in [1.165, 1.54) is 5.56 Å². The molecule has 4 nitrogen and oxygen atoms in total. The number of nitrogens with zero attached hydrogens (tertiary/aromatic N) is 2. The second-order valence-corrected chi connectivity index (χ2v) is 5.23. The van der Waals surface area contributed by atoms with Crippen LogP contribution in [0.3, 0.4) is 0 Å². The van der Waals surface area contributed by atoms with Crippen LogP contribution in [0.25, 0.3) is 0 Å². The number of rotatable bonds is 1. The number of carbonyl (C=O) groups is 1. The summed E-state index contributed by atoms with van der Waals surface area (Å²) in [6, 6.07) is 4.09. The summed E-state index contributed by atoms with van der Waals surface area (Å²) in [5, 5.41) is 12.0. The molecule has 0 unspecified atom stereocenters. The van der Waals surface area contributed by atoms with E-state index >= 15 is 0 Å². The van der Waals surface area contributed by atoms with Gasteiger partial charge in [-0.15, -0.1) is 0 Å². The van der Waals surface area contributed by atoms with Crippen LogP contribution in [0.5, 0.6) is 0 Å². The van der Waals surface area contributed by atoms with Gasteiger partial charge >= 0.3 is 0 Å². The van der Waals surface area contributed by atoms with E-state index in [0.717, 1.165) is 22.4 Å². The number of likely N-dealkylation sites (tertiary alicyclic amines) is 1. The molecule has 4 heteroatoms. The second kappa shape index (κ2) is 5.43. The molecule has 0 aliphatic carbocycles. The van der Waals surface area contributed by atoms with E-state index in [1.54, 1.807) is 0 Å². The maximum Gasteiger partial charge on any atom is 0.254 e. The first kappa shape index (κ1) is 13.6. The lowest BCUT2D eigenvalue weighted by Gasteiger charge is -2.28. The van der Waals surface area contributed by atoms with E-state index in [4.69, 9.17) is 5.21 Å². The summed E-state index contributed by atoms with van der Waals surface area (Å²) in [6.07, 6.45) is 1.32. The van der Waals surface area contributed by atoms with Crippen molar-refractivity contribution in [2.45, 2.75) is 33.6 Å². The van der Waals surface area contributed by atoms with E-state index in [2.05, 4.69) is 5.16 Å². The summed E-state index contributed by atoms with van der Waals surface area (Å²) >= 11 is 0. The van der Waals surface area contributed by atoms with Crippen molar-refractivity contribution in [3.8, 4) is 0 Å². The minimum atomic E-state index is 0.0898.